The Labute approximate surface area is 219 Å². The van der Waals surface area contributed by atoms with Gasteiger partial charge in [0.2, 0.25) is 0 Å². The van der Waals surface area contributed by atoms with E-state index in [9.17, 15) is 14.7 Å². The summed E-state index contributed by atoms with van der Waals surface area (Å²) in [5.74, 6) is -0.120. The summed E-state index contributed by atoms with van der Waals surface area (Å²) in [4.78, 5) is 25.7. The number of rotatable bonds is 10. The number of hydrogen-bond donors (Lipinski definition) is 2. The third-order valence-corrected chi connectivity index (χ3v) is 12.7. The van der Waals surface area contributed by atoms with Gasteiger partial charge in [0, 0.05) is 6.54 Å². The highest BCUT2D eigenvalue weighted by molar-refractivity contribution is 6.74. The summed E-state index contributed by atoms with van der Waals surface area (Å²) in [6, 6.07) is 7.31. The molecule has 1 aromatic carbocycles. The molecule has 204 valence electrons. The van der Waals surface area contributed by atoms with Crippen molar-refractivity contribution in [2.24, 2.45) is 17.8 Å². The number of carbonyl (C=O) groups is 2. The van der Waals surface area contributed by atoms with Gasteiger partial charge in [-0.15, -0.1) is 0 Å². The molecule has 1 aliphatic rings. The highest BCUT2D eigenvalue weighted by Crippen LogP contribution is 2.41. The van der Waals surface area contributed by atoms with E-state index in [1.165, 1.54) is 0 Å². The number of hydrogen-bond acceptors (Lipinski definition) is 5. The van der Waals surface area contributed by atoms with Crippen LogP contribution in [0.25, 0.3) is 0 Å². The minimum Gasteiger partial charge on any atom is -0.459 e. The number of benzene rings is 1. The molecular weight excluding hydrogens is 470 g/mol. The Morgan fingerprint density at radius 2 is 1.86 bits per heavy atom. The maximum Gasteiger partial charge on any atom is 0.338 e. The molecule has 0 unspecified atom stereocenters. The van der Waals surface area contributed by atoms with Crippen molar-refractivity contribution in [3.05, 3.63) is 35.4 Å². The predicted octanol–water partition coefficient (Wildman–Crippen LogP) is 5.74. The summed E-state index contributed by atoms with van der Waals surface area (Å²) in [6.07, 6.45) is 2.81. The van der Waals surface area contributed by atoms with Crippen molar-refractivity contribution in [3.63, 3.8) is 0 Å². The van der Waals surface area contributed by atoms with Gasteiger partial charge in [-0.3, -0.25) is 4.79 Å². The van der Waals surface area contributed by atoms with Crippen LogP contribution in [0.4, 0.5) is 0 Å². The first-order valence-electron chi connectivity index (χ1n) is 13.5. The summed E-state index contributed by atoms with van der Waals surface area (Å²) in [5.41, 5.74) is 0.0957. The normalized spacial score (nSPS) is 23.9. The number of amides is 1. The van der Waals surface area contributed by atoms with Gasteiger partial charge in [0.15, 0.2) is 8.32 Å². The number of esters is 1. The van der Waals surface area contributed by atoms with E-state index in [0.29, 0.717) is 30.9 Å². The van der Waals surface area contributed by atoms with E-state index < -0.39 is 13.9 Å². The lowest BCUT2D eigenvalue weighted by atomic mass is 9.66. The zero-order chi connectivity index (χ0) is 27.3. The second kappa shape index (κ2) is 12.2. The topological polar surface area (TPSA) is 84.9 Å². The summed E-state index contributed by atoms with van der Waals surface area (Å²) in [6.45, 7) is 19.7. The molecule has 0 heterocycles. The van der Waals surface area contributed by atoms with Gasteiger partial charge in [-0.05, 0) is 79.8 Å². The van der Waals surface area contributed by atoms with Gasteiger partial charge < -0.3 is 19.6 Å². The van der Waals surface area contributed by atoms with Crippen molar-refractivity contribution < 1.29 is 23.9 Å². The number of nitrogens with one attached hydrogen (secondary N) is 1. The van der Waals surface area contributed by atoms with Gasteiger partial charge in [0.1, 0.15) is 12.2 Å². The van der Waals surface area contributed by atoms with Crippen LogP contribution in [0, 0.1) is 17.8 Å². The summed E-state index contributed by atoms with van der Waals surface area (Å²) < 4.78 is 11.8. The zero-order valence-corrected chi connectivity index (χ0v) is 24.9. The van der Waals surface area contributed by atoms with E-state index in [4.69, 9.17) is 9.16 Å². The standard InChI is InChI=1S/C29H49NO5Si/c1-20(2)25-14-13-21(3)18-29(25,33)27(32)30-16-15-23-11-10-12-24(17-23)26(31)34-19-22(4)35-36(8,9)28(5,6)7/h10-12,17,20-22,25,33H,13-16,18-19H2,1-9H3,(H,30,32)/t21-,22+,25+,29+/m1/s1. The smallest absolute Gasteiger partial charge is 0.338 e. The lowest BCUT2D eigenvalue weighted by Gasteiger charge is -2.43. The Balaban J connectivity index is 1.90. The molecule has 0 bridgehead atoms. The monoisotopic (exact) mass is 519 g/mol. The summed E-state index contributed by atoms with van der Waals surface area (Å²) >= 11 is 0. The first-order valence-corrected chi connectivity index (χ1v) is 16.4. The quantitative estimate of drug-likeness (QED) is 0.304. The maximum absolute atomic E-state index is 13.0. The lowest BCUT2D eigenvalue weighted by Crippen LogP contribution is -2.56. The molecule has 7 heteroatoms. The van der Waals surface area contributed by atoms with E-state index in [1.807, 2.05) is 25.1 Å². The van der Waals surface area contributed by atoms with Crippen LogP contribution in [0.3, 0.4) is 0 Å². The SMILES string of the molecule is CC(C)[C@@H]1CC[C@@H](C)C[C@@]1(O)C(=O)NCCc1cccc(C(=O)OC[C@H](C)O[Si](C)(C)C(C)(C)C)c1. The molecule has 6 nitrogen and oxygen atoms in total. The zero-order valence-electron chi connectivity index (χ0n) is 23.9. The van der Waals surface area contributed by atoms with Gasteiger partial charge in [-0.2, -0.15) is 0 Å². The third kappa shape index (κ3) is 7.90. The summed E-state index contributed by atoms with van der Waals surface area (Å²) in [5, 5.41) is 14.3. The van der Waals surface area contributed by atoms with E-state index in [0.717, 1.165) is 18.4 Å². The van der Waals surface area contributed by atoms with E-state index in [-0.39, 0.29) is 41.5 Å². The molecule has 2 rings (SSSR count). The van der Waals surface area contributed by atoms with Crippen molar-refractivity contribution in [2.45, 2.75) is 104 Å². The number of aliphatic hydroxyl groups is 1. The molecule has 36 heavy (non-hydrogen) atoms. The van der Waals surface area contributed by atoms with E-state index in [1.54, 1.807) is 6.07 Å². The number of carbonyl (C=O) groups excluding carboxylic acids is 2. The first kappa shape index (κ1) is 30.5. The van der Waals surface area contributed by atoms with Crippen LogP contribution in [0.5, 0.6) is 0 Å². The Morgan fingerprint density at radius 3 is 2.47 bits per heavy atom. The van der Waals surface area contributed by atoms with Gasteiger partial charge in [-0.25, -0.2) is 4.79 Å². The molecule has 1 fully saturated rings. The van der Waals surface area contributed by atoms with Crippen molar-refractivity contribution in [1.82, 2.24) is 5.32 Å². The van der Waals surface area contributed by atoms with Crippen molar-refractivity contribution in [3.8, 4) is 0 Å². The van der Waals surface area contributed by atoms with Gasteiger partial charge in [0.05, 0.1) is 11.7 Å². The van der Waals surface area contributed by atoms with Crippen molar-refractivity contribution >= 4 is 20.2 Å². The molecule has 4 atom stereocenters. The van der Waals surface area contributed by atoms with Crippen LogP contribution >= 0.6 is 0 Å². The minimum atomic E-state index is -1.93. The molecular formula is C29H49NO5Si. The fourth-order valence-corrected chi connectivity index (χ4v) is 6.38. The van der Waals surface area contributed by atoms with Crippen LogP contribution in [-0.4, -0.2) is 50.2 Å². The van der Waals surface area contributed by atoms with Crippen LogP contribution < -0.4 is 5.32 Å². The predicted molar refractivity (Wildman–Crippen MR) is 147 cm³/mol. The Kier molecular flexibility index (Phi) is 10.4. The maximum atomic E-state index is 13.0. The van der Waals surface area contributed by atoms with Gasteiger partial charge in [0.25, 0.3) is 5.91 Å². The average molecular weight is 520 g/mol. The van der Waals surface area contributed by atoms with Crippen LogP contribution in [0.2, 0.25) is 18.1 Å². The van der Waals surface area contributed by atoms with Crippen LogP contribution in [0.1, 0.15) is 83.7 Å². The Morgan fingerprint density at radius 1 is 1.19 bits per heavy atom. The molecule has 1 aliphatic carbocycles. The van der Waals surface area contributed by atoms with Crippen LogP contribution in [0.15, 0.2) is 24.3 Å². The van der Waals surface area contributed by atoms with Crippen molar-refractivity contribution in [2.75, 3.05) is 13.2 Å². The third-order valence-electron chi connectivity index (χ3n) is 8.05. The molecule has 0 aliphatic heterocycles. The van der Waals surface area contributed by atoms with Crippen molar-refractivity contribution in [1.29, 1.82) is 0 Å². The second-order valence-electron chi connectivity index (χ2n) is 12.7. The van der Waals surface area contributed by atoms with Crippen LogP contribution in [-0.2, 0) is 20.4 Å². The van der Waals surface area contributed by atoms with E-state index in [2.05, 4.69) is 60.0 Å². The highest BCUT2D eigenvalue weighted by Gasteiger charge is 2.48. The molecule has 0 radical (unpaired) electrons. The molecule has 2 N–H and O–H groups in total. The number of ether oxygens (including phenoxy) is 1. The Hall–Kier alpha value is -1.70. The summed E-state index contributed by atoms with van der Waals surface area (Å²) in [7, 11) is -1.93. The molecule has 0 aromatic heterocycles. The van der Waals surface area contributed by atoms with E-state index >= 15 is 0 Å². The molecule has 1 saturated carbocycles. The molecule has 0 spiro atoms. The lowest BCUT2D eigenvalue weighted by molar-refractivity contribution is -0.155. The van der Waals surface area contributed by atoms with Gasteiger partial charge >= 0.3 is 5.97 Å². The average Bonchev–Trinajstić information content (AvgIpc) is 2.76. The minimum absolute atomic E-state index is 0.0326. The Bertz CT molecular complexity index is 894. The second-order valence-corrected chi connectivity index (χ2v) is 17.4. The fourth-order valence-electron chi connectivity index (χ4n) is 4.95. The molecule has 0 saturated heterocycles. The highest BCUT2D eigenvalue weighted by atomic mass is 28.4. The largest absolute Gasteiger partial charge is 0.459 e. The molecule has 1 aromatic rings. The fraction of sp³-hybridized carbons (Fsp3) is 0.724. The first-order chi connectivity index (χ1) is 16.6. The van der Waals surface area contributed by atoms with Gasteiger partial charge in [-0.1, -0.05) is 60.1 Å². The molecule has 1 amide bonds.